The van der Waals surface area contributed by atoms with Crippen molar-refractivity contribution in [1.82, 2.24) is 4.98 Å². The summed E-state index contributed by atoms with van der Waals surface area (Å²) in [6.07, 6.45) is 3.17. The largest absolute Gasteiger partial charge is 0.452 e. The molecule has 0 amide bonds. The Kier molecular flexibility index (Phi) is 2.95. The molecule has 3 nitrogen and oxygen atoms in total. The van der Waals surface area contributed by atoms with Gasteiger partial charge >= 0.3 is 0 Å². The van der Waals surface area contributed by atoms with Crippen LogP contribution >= 0.6 is 15.9 Å². The van der Waals surface area contributed by atoms with Crippen LogP contribution < -0.4 is 0 Å². The van der Waals surface area contributed by atoms with Crippen molar-refractivity contribution in [3.63, 3.8) is 0 Å². The highest BCUT2D eigenvalue weighted by molar-refractivity contribution is 9.10. The number of hydrogen-bond donors (Lipinski definition) is 0. The highest BCUT2D eigenvalue weighted by Gasteiger charge is 2.15. The highest BCUT2D eigenvalue weighted by atomic mass is 79.9. The van der Waals surface area contributed by atoms with Gasteiger partial charge in [0.1, 0.15) is 5.58 Å². The van der Waals surface area contributed by atoms with Gasteiger partial charge in [0.05, 0.1) is 0 Å². The van der Waals surface area contributed by atoms with Crippen molar-refractivity contribution in [1.29, 1.82) is 0 Å². The normalized spacial score (nSPS) is 10.8. The van der Waals surface area contributed by atoms with Crippen LogP contribution in [-0.4, -0.2) is 10.8 Å². The van der Waals surface area contributed by atoms with Crippen LogP contribution in [0.3, 0.4) is 0 Å². The minimum absolute atomic E-state index is 0.163. The van der Waals surface area contributed by atoms with E-state index in [-0.39, 0.29) is 5.78 Å². The lowest BCUT2D eigenvalue weighted by Crippen LogP contribution is -1.99. The maximum absolute atomic E-state index is 12.3. The minimum atomic E-state index is -0.163. The van der Waals surface area contributed by atoms with E-state index in [0.29, 0.717) is 11.3 Å². The molecule has 1 aromatic carbocycles. The topological polar surface area (TPSA) is 43.1 Å². The maximum atomic E-state index is 12.3. The smallest absolute Gasteiger partial charge is 0.229 e. The van der Waals surface area contributed by atoms with Crippen LogP contribution in [-0.2, 0) is 0 Å². The van der Waals surface area contributed by atoms with Crippen molar-refractivity contribution >= 4 is 32.7 Å². The zero-order valence-electron chi connectivity index (χ0n) is 10.2. The molecule has 3 rings (SSSR count). The van der Waals surface area contributed by atoms with Crippen LogP contribution in [0.2, 0.25) is 0 Å². The molecule has 19 heavy (non-hydrogen) atoms. The first-order valence-corrected chi connectivity index (χ1v) is 6.59. The van der Waals surface area contributed by atoms with Crippen molar-refractivity contribution < 1.29 is 9.21 Å². The van der Waals surface area contributed by atoms with Crippen LogP contribution in [0.4, 0.5) is 0 Å². The number of fused-ring (bicyclic) bond motifs is 1. The molecule has 4 heteroatoms. The summed E-state index contributed by atoms with van der Waals surface area (Å²) in [5, 5.41) is 0.936. The monoisotopic (exact) mass is 315 g/mol. The lowest BCUT2D eigenvalue weighted by atomic mass is 10.1. The average Bonchev–Trinajstić information content (AvgIpc) is 2.83. The number of nitrogens with zero attached hydrogens (tertiary/aromatic N) is 1. The summed E-state index contributed by atoms with van der Waals surface area (Å²) >= 11 is 3.30. The zero-order chi connectivity index (χ0) is 13.4. The lowest BCUT2D eigenvalue weighted by Gasteiger charge is -1.97. The summed E-state index contributed by atoms with van der Waals surface area (Å²) in [7, 11) is 0. The third-order valence-corrected chi connectivity index (χ3v) is 3.37. The standard InChI is InChI=1S/C15H10BrNO2/c1-9-3-2-4-10-6-13(19-15(9)10)14(18)11-5-12(16)8-17-7-11/h2-8H,1H3. The third-order valence-electron chi connectivity index (χ3n) is 2.93. The molecule has 0 saturated heterocycles. The summed E-state index contributed by atoms with van der Waals surface area (Å²) in [5.74, 6) is 0.175. The second-order valence-corrected chi connectivity index (χ2v) is 5.24. The number of carbonyl (C=O) groups is 1. The van der Waals surface area contributed by atoms with Gasteiger partial charge in [-0.15, -0.1) is 0 Å². The van der Waals surface area contributed by atoms with Crippen LogP contribution in [0.25, 0.3) is 11.0 Å². The molecule has 0 radical (unpaired) electrons. The number of aromatic nitrogens is 1. The van der Waals surface area contributed by atoms with Gasteiger partial charge in [-0.05, 0) is 40.5 Å². The van der Waals surface area contributed by atoms with Gasteiger partial charge in [-0.25, -0.2) is 0 Å². The Morgan fingerprint density at radius 2 is 2.11 bits per heavy atom. The fourth-order valence-electron chi connectivity index (χ4n) is 2.00. The molecule has 0 fully saturated rings. The molecular formula is C15H10BrNO2. The lowest BCUT2D eigenvalue weighted by molar-refractivity contribution is 0.101. The minimum Gasteiger partial charge on any atom is -0.452 e. The van der Waals surface area contributed by atoms with E-state index in [0.717, 1.165) is 21.0 Å². The SMILES string of the molecule is Cc1cccc2cc(C(=O)c3cncc(Br)c3)oc12. The zero-order valence-corrected chi connectivity index (χ0v) is 11.8. The fourth-order valence-corrected chi connectivity index (χ4v) is 2.36. The summed E-state index contributed by atoms with van der Waals surface area (Å²) in [6.45, 7) is 1.96. The second-order valence-electron chi connectivity index (χ2n) is 4.32. The van der Waals surface area contributed by atoms with Crippen molar-refractivity contribution in [2.45, 2.75) is 6.92 Å². The van der Waals surface area contributed by atoms with E-state index >= 15 is 0 Å². The summed E-state index contributed by atoms with van der Waals surface area (Å²) in [4.78, 5) is 16.3. The van der Waals surface area contributed by atoms with Crippen LogP contribution in [0.1, 0.15) is 21.7 Å². The van der Waals surface area contributed by atoms with Crippen molar-refractivity contribution in [3.8, 4) is 0 Å². The van der Waals surface area contributed by atoms with Crippen LogP contribution in [0, 0.1) is 6.92 Å². The number of aryl methyl sites for hydroxylation is 1. The van der Waals surface area contributed by atoms with Gasteiger partial charge in [-0.2, -0.15) is 0 Å². The summed E-state index contributed by atoms with van der Waals surface area (Å²) in [5.41, 5.74) is 2.28. The van der Waals surface area contributed by atoms with Gasteiger partial charge in [0.2, 0.25) is 5.78 Å². The van der Waals surface area contributed by atoms with E-state index in [4.69, 9.17) is 4.42 Å². The quantitative estimate of drug-likeness (QED) is 0.668. The Morgan fingerprint density at radius 3 is 2.84 bits per heavy atom. The predicted octanol–water partition coefficient (Wildman–Crippen LogP) is 4.13. The Morgan fingerprint density at radius 1 is 1.26 bits per heavy atom. The van der Waals surface area contributed by atoms with Crippen molar-refractivity contribution in [2.75, 3.05) is 0 Å². The molecule has 3 aromatic rings. The van der Waals surface area contributed by atoms with Gasteiger partial charge in [0.25, 0.3) is 0 Å². The molecule has 0 bridgehead atoms. The summed E-state index contributed by atoms with van der Waals surface area (Å²) in [6, 6.07) is 9.34. The number of ketones is 1. The maximum Gasteiger partial charge on any atom is 0.229 e. The van der Waals surface area contributed by atoms with E-state index in [1.165, 1.54) is 6.20 Å². The number of benzene rings is 1. The van der Waals surface area contributed by atoms with Crippen LogP contribution in [0.15, 0.2) is 51.6 Å². The fraction of sp³-hybridized carbons (Fsp3) is 0.0667. The van der Waals surface area contributed by atoms with E-state index in [1.807, 2.05) is 25.1 Å². The summed E-state index contributed by atoms with van der Waals surface area (Å²) < 4.78 is 6.43. The van der Waals surface area contributed by atoms with Crippen LogP contribution in [0.5, 0.6) is 0 Å². The van der Waals surface area contributed by atoms with E-state index in [1.54, 1.807) is 18.3 Å². The van der Waals surface area contributed by atoms with Gasteiger partial charge in [0.15, 0.2) is 5.76 Å². The van der Waals surface area contributed by atoms with Gasteiger partial charge < -0.3 is 4.42 Å². The Labute approximate surface area is 118 Å². The molecule has 0 aliphatic heterocycles. The third kappa shape index (κ3) is 2.19. The molecule has 94 valence electrons. The van der Waals surface area contributed by atoms with E-state index in [9.17, 15) is 4.79 Å². The number of halogens is 1. The first-order chi connectivity index (χ1) is 9.15. The Hall–Kier alpha value is -1.94. The number of pyridine rings is 1. The molecule has 0 aliphatic carbocycles. The molecule has 2 aromatic heterocycles. The molecule has 0 aliphatic rings. The van der Waals surface area contributed by atoms with Crippen molar-refractivity contribution in [2.24, 2.45) is 0 Å². The number of furan rings is 1. The molecule has 0 spiro atoms. The van der Waals surface area contributed by atoms with E-state index < -0.39 is 0 Å². The molecular weight excluding hydrogens is 306 g/mol. The average molecular weight is 316 g/mol. The Bertz CT molecular complexity index is 777. The predicted molar refractivity (Wildman–Crippen MR) is 76.3 cm³/mol. The molecule has 0 saturated carbocycles. The van der Waals surface area contributed by atoms with E-state index in [2.05, 4.69) is 20.9 Å². The number of carbonyl (C=O) groups excluding carboxylic acids is 1. The second kappa shape index (κ2) is 4.63. The number of rotatable bonds is 2. The Balaban J connectivity index is 2.09. The first-order valence-electron chi connectivity index (χ1n) is 5.79. The number of para-hydroxylation sites is 1. The van der Waals surface area contributed by atoms with Gasteiger partial charge in [0, 0.05) is 27.8 Å². The van der Waals surface area contributed by atoms with Gasteiger partial charge in [-0.3, -0.25) is 9.78 Å². The molecule has 2 heterocycles. The highest BCUT2D eigenvalue weighted by Crippen LogP contribution is 2.24. The molecule has 0 unspecified atom stereocenters. The van der Waals surface area contributed by atoms with Crippen molar-refractivity contribution in [3.05, 3.63) is 64.1 Å². The first kappa shape index (κ1) is 12.1. The number of hydrogen-bond acceptors (Lipinski definition) is 3. The van der Waals surface area contributed by atoms with Gasteiger partial charge in [-0.1, -0.05) is 18.2 Å². The molecule has 0 atom stereocenters. The molecule has 0 N–H and O–H groups in total.